The molecule has 0 fully saturated rings. The monoisotopic (exact) mass is 335 g/mol. The van der Waals surface area contributed by atoms with Gasteiger partial charge in [0.1, 0.15) is 5.69 Å². The van der Waals surface area contributed by atoms with Gasteiger partial charge in [-0.1, -0.05) is 48.5 Å². The largest absolute Gasteiger partial charge is 0.343 e. The standard InChI is InChI=1S/C20H21N3O2/c1-23(2)13-18(14-8-4-3-5-9-14)22-20(25)17-12-15-10-6-7-11-16(15)19(24)21-17/h3-12,18H,13H2,1-2H3,(H,21,24)(H,22,25). The Morgan fingerprint density at radius 2 is 1.76 bits per heavy atom. The van der Waals surface area contributed by atoms with E-state index in [9.17, 15) is 9.59 Å². The van der Waals surface area contributed by atoms with Gasteiger partial charge in [-0.25, -0.2) is 0 Å². The summed E-state index contributed by atoms with van der Waals surface area (Å²) < 4.78 is 0. The van der Waals surface area contributed by atoms with Crippen LogP contribution in [-0.4, -0.2) is 36.4 Å². The summed E-state index contributed by atoms with van der Waals surface area (Å²) >= 11 is 0. The van der Waals surface area contributed by atoms with Gasteiger partial charge in [0.15, 0.2) is 0 Å². The predicted octanol–water partition coefficient (Wildman–Crippen LogP) is 2.56. The molecule has 2 aromatic carbocycles. The van der Waals surface area contributed by atoms with Gasteiger partial charge in [0.25, 0.3) is 11.5 Å². The molecule has 0 aliphatic rings. The lowest BCUT2D eigenvalue weighted by Crippen LogP contribution is -2.36. The molecular weight excluding hydrogens is 314 g/mol. The molecular formula is C20H21N3O2. The zero-order valence-corrected chi connectivity index (χ0v) is 14.3. The number of pyridine rings is 1. The molecule has 5 heteroatoms. The van der Waals surface area contributed by atoms with E-state index in [-0.39, 0.29) is 23.2 Å². The molecule has 1 aromatic heterocycles. The van der Waals surface area contributed by atoms with E-state index >= 15 is 0 Å². The van der Waals surface area contributed by atoms with Gasteiger partial charge >= 0.3 is 0 Å². The molecule has 0 aliphatic carbocycles. The van der Waals surface area contributed by atoms with Gasteiger partial charge < -0.3 is 15.2 Å². The number of benzene rings is 2. The summed E-state index contributed by atoms with van der Waals surface area (Å²) in [4.78, 5) is 29.6. The summed E-state index contributed by atoms with van der Waals surface area (Å²) in [7, 11) is 3.92. The molecule has 2 N–H and O–H groups in total. The van der Waals surface area contributed by atoms with Crippen molar-refractivity contribution in [1.82, 2.24) is 15.2 Å². The quantitative estimate of drug-likeness (QED) is 0.753. The van der Waals surface area contributed by atoms with Gasteiger partial charge in [-0.2, -0.15) is 0 Å². The summed E-state index contributed by atoms with van der Waals surface area (Å²) in [6, 6.07) is 18.6. The molecule has 128 valence electrons. The predicted molar refractivity (Wildman–Crippen MR) is 99.8 cm³/mol. The maximum absolute atomic E-state index is 12.7. The zero-order valence-electron chi connectivity index (χ0n) is 14.3. The molecule has 0 saturated heterocycles. The van der Waals surface area contributed by atoms with Crippen LogP contribution in [0.2, 0.25) is 0 Å². The number of H-pyrrole nitrogens is 1. The van der Waals surface area contributed by atoms with Crippen molar-refractivity contribution in [1.29, 1.82) is 0 Å². The first-order valence-corrected chi connectivity index (χ1v) is 8.17. The Hall–Kier alpha value is -2.92. The maximum atomic E-state index is 12.7. The van der Waals surface area contributed by atoms with Crippen LogP contribution in [0.4, 0.5) is 0 Å². The first kappa shape index (κ1) is 16.9. The molecule has 1 heterocycles. The third-order valence-electron chi connectivity index (χ3n) is 4.05. The highest BCUT2D eigenvalue weighted by Gasteiger charge is 2.17. The third kappa shape index (κ3) is 3.95. The van der Waals surface area contributed by atoms with Crippen LogP contribution < -0.4 is 10.9 Å². The minimum absolute atomic E-state index is 0.168. The SMILES string of the molecule is CN(C)CC(NC(=O)c1cc2ccccc2c(=O)[nH]1)c1ccccc1. The lowest BCUT2D eigenvalue weighted by atomic mass is 10.1. The van der Waals surface area contributed by atoms with Crippen molar-refractivity contribution in [2.45, 2.75) is 6.04 Å². The first-order valence-electron chi connectivity index (χ1n) is 8.17. The van der Waals surface area contributed by atoms with Crippen LogP contribution in [0.15, 0.2) is 65.5 Å². The number of nitrogens with zero attached hydrogens (tertiary/aromatic N) is 1. The van der Waals surface area contributed by atoms with Gasteiger partial charge in [-0.3, -0.25) is 9.59 Å². The summed E-state index contributed by atoms with van der Waals surface area (Å²) in [5, 5.41) is 4.35. The molecule has 1 atom stereocenters. The lowest BCUT2D eigenvalue weighted by molar-refractivity contribution is 0.0925. The highest BCUT2D eigenvalue weighted by atomic mass is 16.2. The number of hydrogen-bond acceptors (Lipinski definition) is 3. The second-order valence-corrected chi connectivity index (χ2v) is 6.30. The molecule has 0 radical (unpaired) electrons. The summed E-state index contributed by atoms with van der Waals surface area (Å²) in [6.45, 7) is 0.660. The van der Waals surface area contributed by atoms with Gasteiger partial charge in [0.2, 0.25) is 0 Å². The molecule has 0 aliphatic heterocycles. The topological polar surface area (TPSA) is 65.2 Å². The second-order valence-electron chi connectivity index (χ2n) is 6.30. The number of hydrogen-bond donors (Lipinski definition) is 2. The van der Waals surface area contributed by atoms with Crippen LogP contribution in [0.25, 0.3) is 10.8 Å². The number of carbonyl (C=O) groups is 1. The summed E-state index contributed by atoms with van der Waals surface area (Å²) in [5.41, 5.74) is 1.03. The second kappa shape index (κ2) is 7.32. The lowest BCUT2D eigenvalue weighted by Gasteiger charge is -2.23. The number of aromatic nitrogens is 1. The number of aromatic amines is 1. The fourth-order valence-corrected chi connectivity index (χ4v) is 2.85. The first-order chi connectivity index (χ1) is 12.0. The average molecular weight is 335 g/mol. The minimum atomic E-state index is -0.293. The van der Waals surface area contributed by atoms with Crippen molar-refractivity contribution in [3.63, 3.8) is 0 Å². The Morgan fingerprint density at radius 3 is 2.48 bits per heavy atom. The molecule has 0 bridgehead atoms. The van der Waals surface area contributed by atoms with E-state index in [0.717, 1.165) is 10.9 Å². The van der Waals surface area contributed by atoms with Gasteiger partial charge in [0.05, 0.1) is 6.04 Å². The summed E-state index contributed by atoms with van der Waals surface area (Å²) in [5.74, 6) is -0.293. The third-order valence-corrected chi connectivity index (χ3v) is 4.05. The smallest absolute Gasteiger partial charge is 0.268 e. The molecule has 1 amide bonds. The van der Waals surface area contributed by atoms with Gasteiger partial charge in [-0.15, -0.1) is 0 Å². The fourth-order valence-electron chi connectivity index (χ4n) is 2.85. The maximum Gasteiger partial charge on any atom is 0.268 e. The molecule has 25 heavy (non-hydrogen) atoms. The van der Waals surface area contributed by atoms with Crippen LogP contribution >= 0.6 is 0 Å². The van der Waals surface area contributed by atoms with Crippen molar-refractivity contribution in [3.8, 4) is 0 Å². The van der Waals surface area contributed by atoms with Crippen LogP contribution in [0.1, 0.15) is 22.1 Å². The van der Waals surface area contributed by atoms with Crippen molar-refractivity contribution < 1.29 is 4.79 Å². The van der Waals surface area contributed by atoms with Crippen LogP contribution in [0, 0.1) is 0 Å². The minimum Gasteiger partial charge on any atom is -0.343 e. The van der Waals surface area contributed by atoms with E-state index in [1.165, 1.54) is 0 Å². The molecule has 1 unspecified atom stereocenters. The van der Waals surface area contributed by atoms with Gasteiger partial charge in [-0.05, 0) is 37.2 Å². The van der Waals surface area contributed by atoms with Crippen LogP contribution in [0.3, 0.4) is 0 Å². The highest BCUT2D eigenvalue weighted by molar-refractivity contribution is 5.96. The Kier molecular flexibility index (Phi) is 4.95. The van der Waals surface area contributed by atoms with Crippen LogP contribution in [-0.2, 0) is 0 Å². The number of fused-ring (bicyclic) bond motifs is 1. The average Bonchev–Trinajstić information content (AvgIpc) is 2.61. The van der Waals surface area contributed by atoms with E-state index in [2.05, 4.69) is 10.3 Å². The van der Waals surface area contributed by atoms with Crippen molar-refractivity contribution in [3.05, 3.63) is 82.3 Å². The Bertz CT molecular complexity index is 932. The molecule has 5 nitrogen and oxygen atoms in total. The number of amides is 1. The van der Waals surface area contributed by atoms with E-state index in [4.69, 9.17) is 0 Å². The van der Waals surface area contributed by atoms with E-state index < -0.39 is 0 Å². The van der Waals surface area contributed by atoms with E-state index in [1.807, 2.05) is 61.5 Å². The number of rotatable bonds is 5. The molecule has 3 rings (SSSR count). The number of likely N-dealkylation sites (N-methyl/N-ethyl adjacent to an activating group) is 1. The molecule has 0 spiro atoms. The van der Waals surface area contributed by atoms with Crippen molar-refractivity contribution in [2.24, 2.45) is 0 Å². The normalized spacial score (nSPS) is 12.3. The Balaban J connectivity index is 1.90. The number of carbonyl (C=O) groups excluding carboxylic acids is 1. The zero-order chi connectivity index (χ0) is 17.8. The number of nitrogens with one attached hydrogen (secondary N) is 2. The molecule has 0 saturated carbocycles. The Morgan fingerprint density at radius 1 is 1.08 bits per heavy atom. The summed E-state index contributed by atoms with van der Waals surface area (Å²) in [6.07, 6.45) is 0. The highest BCUT2D eigenvalue weighted by Crippen LogP contribution is 2.15. The van der Waals surface area contributed by atoms with Gasteiger partial charge in [0, 0.05) is 11.9 Å². The molecule has 3 aromatic rings. The van der Waals surface area contributed by atoms with Crippen molar-refractivity contribution in [2.75, 3.05) is 20.6 Å². The fraction of sp³-hybridized carbons (Fsp3) is 0.200. The van der Waals surface area contributed by atoms with Crippen molar-refractivity contribution >= 4 is 16.7 Å². The van der Waals surface area contributed by atoms with E-state index in [1.54, 1.807) is 18.2 Å². The Labute approximate surface area is 146 Å². The van der Waals surface area contributed by atoms with E-state index in [0.29, 0.717) is 11.9 Å². The van der Waals surface area contributed by atoms with Crippen LogP contribution in [0.5, 0.6) is 0 Å².